The van der Waals surface area contributed by atoms with E-state index in [4.69, 9.17) is 6.85 Å². The number of rotatable bonds is 4. The molecule has 0 aliphatic carbocycles. The van der Waals surface area contributed by atoms with E-state index in [0.717, 1.165) is 38.6 Å². The van der Waals surface area contributed by atoms with Gasteiger partial charge in [0.1, 0.15) is 0 Å². The average Bonchev–Trinajstić information content (AvgIpc) is 3.93. The maximum absolute atomic E-state index is 9.41. The van der Waals surface area contributed by atoms with Gasteiger partial charge in [-0.1, -0.05) is 115 Å². The molecule has 11 rings (SSSR count). The van der Waals surface area contributed by atoms with Gasteiger partial charge in [0, 0.05) is 49.3 Å². The second-order valence-electron chi connectivity index (χ2n) is 12.7. The Hall–Kier alpha value is -6.84. The molecule has 3 nitrogen and oxygen atoms in total. The van der Waals surface area contributed by atoms with E-state index in [1.54, 1.807) is 0 Å². The summed E-state index contributed by atoms with van der Waals surface area (Å²) in [6.45, 7) is 0. The molecular weight excluding hydrogens is 619 g/mol. The van der Waals surface area contributed by atoms with Gasteiger partial charge in [0.05, 0.1) is 49.8 Å². The average molecular weight is 658 g/mol. The Morgan fingerprint density at radius 3 is 1.57 bits per heavy atom. The molecule has 0 atom stereocenters. The first kappa shape index (κ1) is 21.3. The van der Waals surface area contributed by atoms with Gasteiger partial charge in [-0.2, -0.15) is 0 Å². The lowest BCUT2D eigenvalue weighted by Crippen LogP contribution is -1.97. The van der Waals surface area contributed by atoms with Crippen molar-refractivity contribution in [2.24, 2.45) is 0 Å². The summed E-state index contributed by atoms with van der Waals surface area (Å²) in [5, 5.41) is 3.66. The maximum atomic E-state index is 9.41. The first-order valence-corrected chi connectivity index (χ1v) is 16.9. The Kier molecular flexibility index (Phi) is 4.52. The first-order chi connectivity index (χ1) is 28.7. The molecule has 0 N–H and O–H groups in total. The molecule has 238 valence electrons. The van der Waals surface area contributed by atoms with Crippen LogP contribution in [0.25, 0.3) is 93.6 Å². The summed E-state index contributed by atoms with van der Waals surface area (Å²) in [7, 11) is 0. The quantitative estimate of drug-likeness (QED) is 0.179. The number of para-hydroxylation sites is 6. The molecule has 0 saturated carbocycles. The zero-order valence-corrected chi connectivity index (χ0v) is 27.1. The number of fused-ring (bicyclic) bond motifs is 10. The molecule has 0 amide bonds. The minimum Gasteiger partial charge on any atom is -0.309 e. The highest BCUT2D eigenvalue weighted by molar-refractivity contribution is 6.29. The number of nitrogens with zero attached hydrogens (tertiary/aromatic N) is 3. The number of aromatic nitrogens is 3. The number of benzene rings is 8. The summed E-state index contributed by atoms with van der Waals surface area (Å²) in [5.41, 5.74) is 8.04. The molecule has 3 heterocycles. The van der Waals surface area contributed by atoms with Crippen molar-refractivity contribution >= 4 is 65.4 Å². The molecule has 0 unspecified atom stereocenters. The highest BCUT2D eigenvalue weighted by Crippen LogP contribution is 2.44. The SMILES string of the molecule is [2H]c1c([2H])c([2H])c2c(c1[2H])c1c3c4c([2H])c([2H])c([2H])c([2H])c4n(-c4ccccc4-c4ccc5c(c4)c4ccccc4n5-c4ccccc4)c3ccc1n2-c1ccccc1. The molecule has 0 saturated heterocycles. The third kappa shape index (κ3) is 4.00. The molecular formula is C48H31N3. The largest absolute Gasteiger partial charge is 0.309 e. The molecule has 51 heavy (non-hydrogen) atoms. The normalized spacial score (nSPS) is 14.1. The summed E-state index contributed by atoms with van der Waals surface area (Å²) in [5.74, 6) is 0. The van der Waals surface area contributed by atoms with E-state index in [2.05, 4.69) is 47.0 Å². The van der Waals surface area contributed by atoms with Crippen LogP contribution in [0.2, 0.25) is 0 Å². The zero-order chi connectivity index (χ0) is 40.4. The zero-order valence-electron chi connectivity index (χ0n) is 35.1. The summed E-state index contributed by atoms with van der Waals surface area (Å²) in [6.07, 6.45) is 0. The number of hydrogen-bond acceptors (Lipinski definition) is 0. The topological polar surface area (TPSA) is 14.8 Å². The van der Waals surface area contributed by atoms with E-state index in [-0.39, 0.29) is 70.1 Å². The second-order valence-corrected chi connectivity index (χ2v) is 12.7. The van der Waals surface area contributed by atoms with Gasteiger partial charge < -0.3 is 13.7 Å². The van der Waals surface area contributed by atoms with Crippen LogP contribution in [0.15, 0.2) is 188 Å². The third-order valence-electron chi connectivity index (χ3n) is 10.1. The van der Waals surface area contributed by atoms with Crippen molar-refractivity contribution in [3.05, 3.63) is 188 Å². The molecule has 0 fully saturated rings. The molecule has 3 heteroatoms. The lowest BCUT2D eigenvalue weighted by Gasteiger charge is -2.15. The Balaban J connectivity index is 1.29. The smallest absolute Gasteiger partial charge is 0.0645 e. The Bertz CT molecular complexity index is 3590. The van der Waals surface area contributed by atoms with Crippen LogP contribution in [0.1, 0.15) is 11.0 Å². The van der Waals surface area contributed by atoms with E-state index in [1.807, 2.05) is 106 Å². The highest BCUT2D eigenvalue weighted by Gasteiger charge is 2.22. The van der Waals surface area contributed by atoms with Gasteiger partial charge in [0.2, 0.25) is 0 Å². The molecule has 3 aromatic heterocycles. The molecule has 0 radical (unpaired) electrons. The molecule has 8 aromatic carbocycles. The van der Waals surface area contributed by atoms with Crippen molar-refractivity contribution in [2.45, 2.75) is 0 Å². The van der Waals surface area contributed by atoms with E-state index in [9.17, 15) is 4.11 Å². The third-order valence-corrected chi connectivity index (χ3v) is 10.1. The van der Waals surface area contributed by atoms with Crippen LogP contribution >= 0.6 is 0 Å². The Morgan fingerprint density at radius 2 is 0.863 bits per heavy atom. The van der Waals surface area contributed by atoms with Gasteiger partial charge in [0.25, 0.3) is 0 Å². The van der Waals surface area contributed by atoms with Crippen LogP contribution < -0.4 is 0 Å². The van der Waals surface area contributed by atoms with Crippen LogP contribution in [-0.4, -0.2) is 13.7 Å². The van der Waals surface area contributed by atoms with Gasteiger partial charge in [-0.15, -0.1) is 0 Å². The highest BCUT2D eigenvalue weighted by atomic mass is 15.0. The standard InChI is InChI=1S/C48H31N3/c1-3-15-33(16-4-1)49-41-24-12-8-20-36(41)39-31-32(27-28-44(39)49)35-19-7-11-23-40(35)51-43-26-14-10-22-38(43)48-46(51)30-29-45-47(48)37-21-9-13-25-42(37)50(45)34-17-5-2-6-18-34/h1-31H/i9D,10D,13D,14D,21D,22D,25D,26D. The minimum atomic E-state index is -0.388. The summed E-state index contributed by atoms with van der Waals surface area (Å²) >= 11 is 0. The summed E-state index contributed by atoms with van der Waals surface area (Å²) in [4.78, 5) is 0. The molecule has 0 aliphatic rings. The van der Waals surface area contributed by atoms with Crippen LogP contribution in [0.4, 0.5) is 0 Å². The van der Waals surface area contributed by atoms with Crippen LogP contribution in [0.3, 0.4) is 0 Å². The van der Waals surface area contributed by atoms with Crippen LogP contribution in [0.5, 0.6) is 0 Å². The predicted octanol–water partition coefficient (Wildman–Crippen LogP) is 12.6. The minimum absolute atomic E-state index is 0.200. The number of hydrogen-bond donors (Lipinski definition) is 0. The maximum Gasteiger partial charge on any atom is 0.0645 e. The van der Waals surface area contributed by atoms with Gasteiger partial charge >= 0.3 is 0 Å². The first-order valence-electron chi connectivity index (χ1n) is 20.9. The van der Waals surface area contributed by atoms with E-state index < -0.39 is 0 Å². The molecule has 11 aromatic rings. The lowest BCUT2D eigenvalue weighted by molar-refractivity contribution is 1.17. The Labute approximate surface area is 305 Å². The molecule has 0 spiro atoms. The monoisotopic (exact) mass is 657 g/mol. The van der Waals surface area contributed by atoms with E-state index >= 15 is 0 Å². The van der Waals surface area contributed by atoms with Crippen molar-refractivity contribution in [3.8, 4) is 28.2 Å². The van der Waals surface area contributed by atoms with Crippen molar-refractivity contribution in [1.82, 2.24) is 13.7 Å². The van der Waals surface area contributed by atoms with Gasteiger partial charge in [-0.05, 0) is 78.3 Å². The van der Waals surface area contributed by atoms with Gasteiger partial charge in [0.15, 0.2) is 0 Å². The van der Waals surface area contributed by atoms with Gasteiger partial charge in [-0.3, -0.25) is 0 Å². The van der Waals surface area contributed by atoms with Crippen molar-refractivity contribution < 1.29 is 11.0 Å². The van der Waals surface area contributed by atoms with E-state index in [1.165, 1.54) is 0 Å². The summed E-state index contributed by atoms with van der Waals surface area (Å²) < 4.78 is 78.3. The van der Waals surface area contributed by atoms with Crippen LogP contribution in [0, 0.1) is 0 Å². The fourth-order valence-corrected chi connectivity index (χ4v) is 8.01. The summed E-state index contributed by atoms with van der Waals surface area (Å²) in [6, 6.07) is 43.6. The fraction of sp³-hybridized carbons (Fsp3) is 0. The fourth-order valence-electron chi connectivity index (χ4n) is 8.01. The predicted molar refractivity (Wildman–Crippen MR) is 215 cm³/mol. The van der Waals surface area contributed by atoms with Crippen molar-refractivity contribution in [1.29, 1.82) is 0 Å². The lowest BCUT2D eigenvalue weighted by atomic mass is 10.0. The van der Waals surface area contributed by atoms with Crippen molar-refractivity contribution in [2.75, 3.05) is 0 Å². The van der Waals surface area contributed by atoms with Gasteiger partial charge in [-0.25, -0.2) is 0 Å². The molecule has 0 bridgehead atoms. The second kappa shape index (κ2) is 10.8. The Morgan fingerprint density at radius 1 is 0.353 bits per heavy atom. The van der Waals surface area contributed by atoms with Crippen molar-refractivity contribution in [3.63, 3.8) is 0 Å². The molecule has 0 aliphatic heterocycles. The van der Waals surface area contributed by atoms with E-state index in [0.29, 0.717) is 33.2 Å². The van der Waals surface area contributed by atoms with Crippen LogP contribution in [-0.2, 0) is 0 Å².